The molecule has 0 bridgehead atoms. The van der Waals surface area contributed by atoms with Gasteiger partial charge in [0.25, 0.3) is 0 Å². The van der Waals surface area contributed by atoms with E-state index in [1.165, 1.54) is 13.2 Å². The zero-order chi connectivity index (χ0) is 10.8. The van der Waals surface area contributed by atoms with Gasteiger partial charge >= 0.3 is 0 Å². The van der Waals surface area contributed by atoms with E-state index in [0.29, 0.717) is 10.6 Å². The standard InChI is InChI=1S/C9H11BrO3S/c1-3-14(11,12)7-4-5-8(10)9(6-7)13-2/h4-6H,3H2,1-2H3. The summed E-state index contributed by atoms with van der Waals surface area (Å²) in [5.41, 5.74) is 0. The van der Waals surface area contributed by atoms with Crippen molar-refractivity contribution in [3.63, 3.8) is 0 Å². The van der Waals surface area contributed by atoms with Crippen LogP contribution >= 0.6 is 15.9 Å². The van der Waals surface area contributed by atoms with Crippen molar-refractivity contribution in [2.45, 2.75) is 11.8 Å². The molecular weight excluding hydrogens is 268 g/mol. The van der Waals surface area contributed by atoms with E-state index >= 15 is 0 Å². The summed E-state index contributed by atoms with van der Waals surface area (Å²) in [5.74, 6) is 0.622. The minimum Gasteiger partial charge on any atom is -0.496 e. The van der Waals surface area contributed by atoms with Gasteiger partial charge in [-0.25, -0.2) is 8.42 Å². The molecule has 5 heteroatoms. The number of halogens is 1. The van der Waals surface area contributed by atoms with Crippen molar-refractivity contribution < 1.29 is 13.2 Å². The van der Waals surface area contributed by atoms with Crippen LogP contribution in [0.1, 0.15) is 6.92 Å². The predicted molar refractivity (Wildman–Crippen MR) is 58.4 cm³/mol. The zero-order valence-corrected chi connectivity index (χ0v) is 10.4. The van der Waals surface area contributed by atoms with E-state index < -0.39 is 9.84 Å². The van der Waals surface area contributed by atoms with Crippen LogP contribution < -0.4 is 4.74 Å². The molecule has 0 aliphatic heterocycles. The van der Waals surface area contributed by atoms with Gasteiger partial charge < -0.3 is 4.74 Å². The van der Waals surface area contributed by atoms with E-state index in [0.717, 1.165) is 4.47 Å². The van der Waals surface area contributed by atoms with Gasteiger partial charge in [0, 0.05) is 0 Å². The Morgan fingerprint density at radius 3 is 2.57 bits per heavy atom. The third kappa shape index (κ3) is 2.27. The second kappa shape index (κ2) is 4.31. The van der Waals surface area contributed by atoms with Crippen LogP contribution in [0.5, 0.6) is 5.75 Å². The van der Waals surface area contributed by atoms with Crippen LogP contribution in [0, 0.1) is 0 Å². The number of rotatable bonds is 3. The van der Waals surface area contributed by atoms with Crippen LogP contribution in [-0.2, 0) is 9.84 Å². The minimum atomic E-state index is -3.15. The lowest BCUT2D eigenvalue weighted by molar-refractivity contribution is 0.410. The molecule has 1 aromatic carbocycles. The van der Waals surface area contributed by atoms with Gasteiger partial charge in [-0.2, -0.15) is 0 Å². The van der Waals surface area contributed by atoms with Crippen LogP contribution in [0.25, 0.3) is 0 Å². The lowest BCUT2D eigenvalue weighted by Gasteiger charge is -2.06. The maximum atomic E-state index is 11.5. The Morgan fingerprint density at radius 1 is 1.43 bits per heavy atom. The molecule has 0 spiro atoms. The first-order chi connectivity index (χ1) is 6.51. The van der Waals surface area contributed by atoms with Gasteiger partial charge in [-0.15, -0.1) is 0 Å². The van der Waals surface area contributed by atoms with Gasteiger partial charge in [-0.05, 0) is 34.1 Å². The van der Waals surface area contributed by atoms with Crippen LogP contribution in [0.3, 0.4) is 0 Å². The lowest BCUT2D eigenvalue weighted by Crippen LogP contribution is -2.03. The van der Waals surface area contributed by atoms with Crippen molar-refractivity contribution >= 4 is 25.8 Å². The third-order valence-electron chi connectivity index (χ3n) is 1.86. The Kier molecular flexibility index (Phi) is 3.55. The largest absolute Gasteiger partial charge is 0.496 e. The van der Waals surface area contributed by atoms with E-state index in [4.69, 9.17) is 4.74 Å². The Labute approximate surface area is 92.1 Å². The van der Waals surface area contributed by atoms with Crippen molar-refractivity contribution in [2.24, 2.45) is 0 Å². The lowest BCUT2D eigenvalue weighted by atomic mass is 10.3. The molecule has 0 unspecified atom stereocenters. The van der Waals surface area contributed by atoms with Crippen LogP contribution in [0.15, 0.2) is 27.6 Å². The molecule has 14 heavy (non-hydrogen) atoms. The molecule has 0 saturated heterocycles. The third-order valence-corrected chi connectivity index (χ3v) is 4.25. The highest BCUT2D eigenvalue weighted by molar-refractivity contribution is 9.10. The average Bonchev–Trinajstić information content (AvgIpc) is 2.18. The molecule has 3 nitrogen and oxygen atoms in total. The van der Waals surface area contributed by atoms with E-state index in [2.05, 4.69) is 15.9 Å². The Hall–Kier alpha value is -0.550. The van der Waals surface area contributed by atoms with Gasteiger partial charge in [0.2, 0.25) is 0 Å². The second-order valence-electron chi connectivity index (χ2n) is 2.70. The molecule has 0 aliphatic rings. The van der Waals surface area contributed by atoms with E-state index in [1.54, 1.807) is 19.1 Å². The van der Waals surface area contributed by atoms with Gasteiger partial charge in [-0.3, -0.25) is 0 Å². The highest BCUT2D eigenvalue weighted by atomic mass is 79.9. The van der Waals surface area contributed by atoms with Crippen LogP contribution in [0.4, 0.5) is 0 Å². The maximum absolute atomic E-state index is 11.5. The molecule has 1 aromatic rings. The van der Waals surface area contributed by atoms with Crippen molar-refractivity contribution in [2.75, 3.05) is 12.9 Å². The summed E-state index contributed by atoms with van der Waals surface area (Å²) >= 11 is 3.26. The van der Waals surface area contributed by atoms with Crippen molar-refractivity contribution in [1.29, 1.82) is 0 Å². The monoisotopic (exact) mass is 278 g/mol. The summed E-state index contributed by atoms with van der Waals surface area (Å²) in [5, 5.41) is 0. The summed E-state index contributed by atoms with van der Waals surface area (Å²) in [6, 6.07) is 4.75. The van der Waals surface area contributed by atoms with Crippen LogP contribution in [-0.4, -0.2) is 21.3 Å². The molecule has 0 saturated carbocycles. The smallest absolute Gasteiger partial charge is 0.178 e. The summed E-state index contributed by atoms with van der Waals surface area (Å²) in [6.07, 6.45) is 0. The SMILES string of the molecule is CCS(=O)(=O)c1ccc(Br)c(OC)c1. The molecule has 0 atom stereocenters. The Bertz CT molecular complexity index is 426. The topological polar surface area (TPSA) is 43.4 Å². The molecule has 0 aliphatic carbocycles. The first-order valence-electron chi connectivity index (χ1n) is 4.07. The number of ether oxygens (including phenoxy) is 1. The molecule has 0 fully saturated rings. The van der Waals surface area contributed by atoms with Gasteiger partial charge in [0.15, 0.2) is 9.84 Å². The first-order valence-corrected chi connectivity index (χ1v) is 6.52. The number of hydrogen-bond donors (Lipinski definition) is 0. The van der Waals surface area contributed by atoms with Gasteiger partial charge in [0.1, 0.15) is 5.75 Å². The number of hydrogen-bond acceptors (Lipinski definition) is 3. The molecule has 0 N–H and O–H groups in total. The quantitative estimate of drug-likeness (QED) is 0.852. The molecule has 1 rings (SSSR count). The summed E-state index contributed by atoms with van der Waals surface area (Å²) in [7, 11) is -1.65. The summed E-state index contributed by atoms with van der Waals surface area (Å²) < 4.78 is 28.8. The normalized spacial score (nSPS) is 11.4. The average molecular weight is 279 g/mol. The highest BCUT2D eigenvalue weighted by Gasteiger charge is 2.13. The number of methoxy groups -OCH3 is 1. The summed E-state index contributed by atoms with van der Waals surface area (Å²) in [6.45, 7) is 1.61. The molecule has 0 aromatic heterocycles. The fraction of sp³-hybridized carbons (Fsp3) is 0.333. The fourth-order valence-corrected chi connectivity index (χ4v) is 2.30. The Balaban J connectivity index is 3.26. The summed E-state index contributed by atoms with van der Waals surface area (Å²) in [4.78, 5) is 0.292. The predicted octanol–water partition coefficient (Wildman–Crippen LogP) is 2.25. The van der Waals surface area contributed by atoms with E-state index in [1.807, 2.05) is 0 Å². The maximum Gasteiger partial charge on any atom is 0.178 e. The second-order valence-corrected chi connectivity index (χ2v) is 5.83. The van der Waals surface area contributed by atoms with Gasteiger partial charge in [-0.1, -0.05) is 6.92 Å². The number of benzene rings is 1. The molecule has 0 heterocycles. The number of sulfone groups is 1. The molecule has 0 amide bonds. The van der Waals surface area contributed by atoms with E-state index in [-0.39, 0.29) is 5.75 Å². The fourth-order valence-electron chi connectivity index (χ4n) is 1.00. The highest BCUT2D eigenvalue weighted by Crippen LogP contribution is 2.27. The van der Waals surface area contributed by atoms with Crippen LogP contribution in [0.2, 0.25) is 0 Å². The van der Waals surface area contributed by atoms with Crippen molar-refractivity contribution in [3.05, 3.63) is 22.7 Å². The first kappa shape index (κ1) is 11.5. The molecule has 78 valence electrons. The minimum absolute atomic E-state index is 0.0950. The zero-order valence-electron chi connectivity index (χ0n) is 7.95. The van der Waals surface area contributed by atoms with E-state index in [9.17, 15) is 8.42 Å². The van der Waals surface area contributed by atoms with Crippen molar-refractivity contribution in [3.8, 4) is 5.75 Å². The Morgan fingerprint density at radius 2 is 2.07 bits per heavy atom. The molecular formula is C9H11BrO3S. The van der Waals surface area contributed by atoms with Gasteiger partial charge in [0.05, 0.1) is 22.2 Å². The molecule has 0 radical (unpaired) electrons. The van der Waals surface area contributed by atoms with Crippen molar-refractivity contribution in [1.82, 2.24) is 0 Å².